The van der Waals surface area contributed by atoms with E-state index in [9.17, 15) is 0 Å². The van der Waals surface area contributed by atoms with Crippen LogP contribution in [0.1, 0.15) is 5.56 Å². The van der Waals surface area contributed by atoms with Crippen LogP contribution in [0.15, 0.2) is 199 Å². The highest BCUT2D eigenvalue weighted by atomic mass is 16.3. The maximum Gasteiger partial charge on any atom is 0.164 e. The predicted molar refractivity (Wildman–Crippen MR) is 230 cm³/mol. The van der Waals surface area contributed by atoms with E-state index < -0.39 is 0 Å². The number of nitrogens with zero attached hydrogens (tertiary/aromatic N) is 3. The molecule has 2 heterocycles. The second kappa shape index (κ2) is 14.1. The summed E-state index contributed by atoms with van der Waals surface area (Å²) in [4.78, 5) is 14.8. The van der Waals surface area contributed by atoms with E-state index in [2.05, 4.69) is 128 Å². The third kappa shape index (κ3) is 6.33. The van der Waals surface area contributed by atoms with Crippen molar-refractivity contribution in [2.24, 2.45) is 0 Å². The molecule has 0 N–H and O–H groups in total. The van der Waals surface area contributed by atoms with E-state index in [-0.39, 0.29) is 0 Å². The SMILES string of the molecule is Cc1cccc(-c2cc(-c3cccc(-c4cccc(-c5cccc(-c6nc(-c7ccccc7)nc(-c7ccccc7)n6)c5)c4)c3)c3oc4ccccc4c3c2)c1. The molecule has 0 radical (unpaired) electrons. The minimum absolute atomic E-state index is 0.633. The van der Waals surface area contributed by atoms with Crippen molar-refractivity contribution in [2.75, 3.05) is 0 Å². The number of para-hydroxylation sites is 1. The van der Waals surface area contributed by atoms with Crippen LogP contribution in [0.25, 0.3) is 101 Å². The van der Waals surface area contributed by atoms with Crippen LogP contribution < -0.4 is 0 Å². The van der Waals surface area contributed by atoms with Crippen molar-refractivity contribution in [3.8, 4) is 78.7 Å². The summed E-state index contributed by atoms with van der Waals surface area (Å²) in [6.07, 6.45) is 0. The maximum absolute atomic E-state index is 6.57. The summed E-state index contributed by atoms with van der Waals surface area (Å²) < 4.78 is 6.57. The van der Waals surface area contributed by atoms with Gasteiger partial charge in [-0.25, -0.2) is 15.0 Å². The van der Waals surface area contributed by atoms with Gasteiger partial charge in [-0.3, -0.25) is 0 Å². The predicted octanol–water partition coefficient (Wildman–Crippen LogP) is 13.7. The largest absolute Gasteiger partial charge is 0.455 e. The third-order valence-electron chi connectivity index (χ3n) is 10.4. The first-order valence-corrected chi connectivity index (χ1v) is 18.8. The van der Waals surface area contributed by atoms with E-state index in [1.165, 1.54) is 16.7 Å². The highest BCUT2D eigenvalue weighted by Crippen LogP contribution is 2.41. The highest BCUT2D eigenvalue weighted by molar-refractivity contribution is 6.11. The lowest BCUT2D eigenvalue weighted by molar-refractivity contribution is 0.670. The van der Waals surface area contributed by atoms with Crippen LogP contribution in [0.3, 0.4) is 0 Å². The Hall–Kier alpha value is -7.43. The van der Waals surface area contributed by atoms with Crippen LogP contribution in [0.4, 0.5) is 0 Å². The Bertz CT molecular complexity index is 2980. The molecule has 264 valence electrons. The van der Waals surface area contributed by atoms with Gasteiger partial charge < -0.3 is 4.42 Å². The molecule has 2 aromatic heterocycles. The molecular weight excluding hydrogens is 683 g/mol. The summed E-state index contributed by atoms with van der Waals surface area (Å²) >= 11 is 0. The molecule has 10 rings (SSSR count). The molecule has 0 fully saturated rings. The molecule has 0 amide bonds. The third-order valence-corrected chi connectivity index (χ3v) is 10.4. The summed E-state index contributed by atoms with van der Waals surface area (Å²) in [6, 6.07) is 67.7. The molecule has 0 aliphatic carbocycles. The monoisotopic (exact) mass is 717 g/mol. The molecule has 0 aliphatic rings. The number of aromatic nitrogens is 3. The Kier molecular flexibility index (Phi) is 8.34. The van der Waals surface area contributed by atoms with Crippen LogP contribution in [-0.4, -0.2) is 15.0 Å². The van der Waals surface area contributed by atoms with E-state index >= 15 is 0 Å². The normalized spacial score (nSPS) is 11.3. The van der Waals surface area contributed by atoms with Crippen molar-refractivity contribution in [1.29, 1.82) is 0 Å². The molecule has 0 aliphatic heterocycles. The Morgan fingerprint density at radius 3 is 1.38 bits per heavy atom. The van der Waals surface area contributed by atoms with Crippen molar-refractivity contribution < 1.29 is 4.42 Å². The molecule has 0 saturated carbocycles. The molecule has 4 heteroatoms. The number of hydrogen-bond donors (Lipinski definition) is 0. The summed E-state index contributed by atoms with van der Waals surface area (Å²) in [5.74, 6) is 1.92. The fourth-order valence-corrected chi connectivity index (χ4v) is 7.55. The first kappa shape index (κ1) is 33.2. The van der Waals surface area contributed by atoms with E-state index in [1.54, 1.807) is 0 Å². The first-order chi connectivity index (χ1) is 27.6. The van der Waals surface area contributed by atoms with Gasteiger partial charge in [0.1, 0.15) is 11.2 Å². The number of aryl methyl sites for hydroxylation is 1. The fraction of sp³-hybridized carbons (Fsp3) is 0.0192. The van der Waals surface area contributed by atoms with Gasteiger partial charge in [0.2, 0.25) is 0 Å². The number of furan rings is 1. The molecule has 0 spiro atoms. The van der Waals surface area contributed by atoms with Gasteiger partial charge in [-0.15, -0.1) is 0 Å². The first-order valence-electron chi connectivity index (χ1n) is 18.8. The number of rotatable bonds is 7. The smallest absolute Gasteiger partial charge is 0.164 e. The molecule has 0 unspecified atom stereocenters. The lowest BCUT2D eigenvalue weighted by Crippen LogP contribution is -2.00. The zero-order chi connectivity index (χ0) is 37.4. The van der Waals surface area contributed by atoms with Gasteiger partial charge in [-0.05, 0) is 82.3 Å². The van der Waals surface area contributed by atoms with Crippen molar-refractivity contribution in [3.05, 3.63) is 200 Å². The van der Waals surface area contributed by atoms with E-state index in [1.807, 2.05) is 72.8 Å². The molecule has 4 nitrogen and oxygen atoms in total. The molecule has 8 aromatic carbocycles. The summed E-state index contributed by atoms with van der Waals surface area (Å²) in [5, 5.41) is 2.24. The van der Waals surface area contributed by atoms with Gasteiger partial charge in [0.15, 0.2) is 17.5 Å². The van der Waals surface area contributed by atoms with Crippen LogP contribution >= 0.6 is 0 Å². The lowest BCUT2D eigenvalue weighted by atomic mass is 9.93. The van der Waals surface area contributed by atoms with Crippen LogP contribution in [-0.2, 0) is 0 Å². The standard InChI is InChI=1S/C52H35N3O/c1-34-14-10-19-37(28-34)44-32-46(49-47(33-44)45-26-8-9-27-48(45)56-49)42-24-12-22-40(30-42)38-20-11-21-39(29-38)41-23-13-25-43(31-41)52-54-50(35-15-4-2-5-16-35)53-51(55-52)36-17-6-3-7-18-36/h2-33H,1H3. The van der Waals surface area contributed by atoms with Gasteiger partial charge >= 0.3 is 0 Å². The average molecular weight is 718 g/mol. The second-order valence-corrected chi connectivity index (χ2v) is 14.1. The number of hydrogen-bond acceptors (Lipinski definition) is 4. The van der Waals surface area contributed by atoms with Gasteiger partial charge in [0, 0.05) is 33.0 Å². The van der Waals surface area contributed by atoms with Gasteiger partial charge in [-0.1, -0.05) is 163 Å². The molecule has 0 saturated heterocycles. The van der Waals surface area contributed by atoms with Gasteiger partial charge in [-0.2, -0.15) is 0 Å². The Morgan fingerprint density at radius 2 is 0.768 bits per heavy atom. The fourth-order valence-electron chi connectivity index (χ4n) is 7.55. The van der Waals surface area contributed by atoms with E-state index in [0.29, 0.717) is 17.5 Å². The Balaban J connectivity index is 1.04. The molecule has 0 bridgehead atoms. The second-order valence-electron chi connectivity index (χ2n) is 14.1. The molecule has 0 atom stereocenters. The zero-order valence-electron chi connectivity index (χ0n) is 30.7. The Morgan fingerprint density at radius 1 is 0.321 bits per heavy atom. The lowest BCUT2D eigenvalue weighted by Gasteiger charge is -2.12. The minimum Gasteiger partial charge on any atom is -0.455 e. The molecule has 56 heavy (non-hydrogen) atoms. The molecular formula is C52H35N3O. The number of fused-ring (bicyclic) bond motifs is 3. The Labute approximate surface area is 325 Å². The molecule has 10 aromatic rings. The van der Waals surface area contributed by atoms with Gasteiger partial charge in [0.25, 0.3) is 0 Å². The van der Waals surface area contributed by atoms with Crippen LogP contribution in [0.5, 0.6) is 0 Å². The van der Waals surface area contributed by atoms with E-state index in [4.69, 9.17) is 19.4 Å². The summed E-state index contributed by atoms with van der Waals surface area (Å²) in [7, 11) is 0. The number of benzene rings is 8. The average Bonchev–Trinajstić information content (AvgIpc) is 3.65. The summed E-state index contributed by atoms with van der Waals surface area (Å²) in [5.41, 5.74) is 14.8. The van der Waals surface area contributed by atoms with Crippen molar-refractivity contribution >= 4 is 21.9 Å². The van der Waals surface area contributed by atoms with Crippen LogP contribution in [0.2, 0.25) is 0 Å². The van der Waals surface area contributed by atoms with E-state index in [0.717, 1.165) is 72.0 Å². The van der Waals surface area contributed by atoms with Crippen LogP contribution in [0, 0.1) is 6.92 Å². The van der Waals surface area contributed by atoms with Crippen molar-refractivity contribution in [3.63, 3.8) is 0 Å². The highest BCUT2D eigenvalue weighted by Gasteiger charge is 2.17. The topological polar surface area (TPSA) is 51.8 Å². The zero-order valence-corrected chi connectivity index (χ0v) is 30.7. The van der Waals surface area contributed by atoms with Crippen molar-refractivity contribution in [1.82, 2.24) is 15.0 Å². The van der Waals surface area contributed by atoms with Gasteiger partial charge in [0.05, 0.1) is 0 Å². The summed E-state index contributed by atoms with van der Waals surface area (Å²) in [6.45, 7) is 2.14. The maximum atomic E-state index is 6.57. The quantitative estimate of drug-likeness (QED) is 0.165. The minimum atomic E-state index is 0.633. The van der Waals surface area contributed by atoms with Crippen molar-refractivity contribution in [2.45, 2.75) is 6.92 Å².